The van der Waals surface area contributed by atoms with Crippen molar-refractivity contribution in [3.05, 3.63) is 24.0 Å². The minimum Gasteiger partial charge on any atom is -0.359 e. The van der Waals surface area contributed by atoms with Crippen molar-refractivity contribution in [2.45, 2.75) is 25.8 Å². The van der Waals surface area contributed by atoms with Gasteiger partial charge in [-0.05, 0) is 43.4 Å². The van der Waals surface area contributed by atoms with E-state index in [1.807, 2.05) is 10.6 Å². The molecule has 2 N–H and O–H groups in total. The van der Waals surface area contributed by atoms with E-state index in [9.17, 15) is 0 Å². The fourth-order valence-corrected chi connectivity index (χ4v) is 2.72. The molecule has 0 saturated heterocycles. The molecule has 2 aromatic heterocycles. The molecule has 3 rings (SSSR count). The molecule has 2 heterocycles. The van der Waals surface area contributed by atoms with Crippen LogP contribution in [0.15, 0.2) is 18.5 Å². The van der Waals surface area contributed by atoms with Crippen LogP contribution in [-0.2, 0) is 0 Å². The molecular weight excluding hydrogens is 226 g/mol. The summed E-state index contributed by atoms with van der Waals surface area (Å²) in [6.07, 6.45) is 3.87. The summed E-state index contributed by atoms with van der Waals surface area (Å²) >= 11 is 0. The van der Waals surface area contributed by atoms with Gasteiger partial charge in [0.2, 0.25) is 0 Å². The summed E-state index contributed by atoms with van der Waals surface area (Å²) in [6.45, 7) is 3.12. The second-order valence-electron chi connectivity index (χ2n) is 5.40. The molecular formula is C13H19N5. The number of anilines is 1. The lowest BCUT2D eigenvalue weighted by molar-refractivity contribution is 0.270. The van der Waals surface area contributed by atoms with Gasteiger partial charge < -0.3 is 10.6 Å². The highest BCUT2D eigenvalue weighted by Crippen LogP contribution is 2.28. The van der Waals surface area contributed by atoms with Crippen LogP contribution in [0.5, 0.6) is 0 Å². The number of aromatic nitrogens is 3. The predicted octanol–water partition coefficient (Wildman–Crippen LogP) is 1.21. The monoisotopic (exact) mass is 245 g/mol. The maximum Gasteiger partial charge on any atom is 0.157 e. The molecule has 5 nitrogen and oxygen atoms in total. The zero-order chi connectivity index (χ0) is 12.7. The average molecular weight is 245 g/mol. The normalized spacial score (nSPS) is 23.1. The van der Waals surface area contributed by atoms with E-state index in [-0.39, 0.29) is 0 Å². The van der Waals surface area contributed by atoms with Crippen molar-refractivity contribution in [3.63, 3.8) is 0 Å². The van der Waals surface area contributed by atoms with Crippen molar-refractivity contribution in [1.29, 1.82) is 0 Å². The van der Waals surface area contributed by atoms with Gasteiger partial charge in [-0.25, -0.2) is 4.98 Å². The highest BCUT2D eigenvalue weighted by atomic mass is 15.4. The lowest BCUT2D eigenvalue weighted by Crippen LogP contribution is -2.42. The summed E-state index contributed by atoms with van der Waals surface area (Å²) in [5.74, 6) is 1.81. The molecule has 2 aromatic rings. The third-order valence-corrected chi connectivity index (χ3v) is 3.70. The maximum absolute atomic E-state index is 5.84. The smallest absolute Gasteiger partial charge is 0.157 e. The van der Waals surface area contributed by atoms with Gasteiger partial charge in [-0.2, -0.15) is 9.61 Å². The number of rotatable bonds is 3. The summed E-state index contributed by atoms with van der Waals surface area (Å²) < 4.78 is 1.89. The minimum absolute atomic E-state index is 0.410. The second kappa shape index (κ2) is 4.24. The van der Waals surface area contributed by atoms with Crippen LogP contribution in [0, 0.1) is 12.8 Å². The van der Waals surface area contributed by atoms with Gasteiger partial charge in [-0.3, -0.25) is 0 Å². The van der Waals surface area contributed by atoms with Gasteiger partial charge in [0.25, 0.3) is 0 Å². The number of nitrogens with zero attached hydrogens (tertiary/aromatic N) is 4. The lowest BCUT2D eigenvalue weighted by Gasteiger charge is -2.36. The molecule has 1 saturated carbocycles. The second-order valence-corrected chi connectivity index (χ2v) is 5.40. The Kier molecular flexibility index (Phi) is 2.70. The summed E-state index contributed by atoms with van der Waals surface area (Å²) in [6, 6.07) is 4.61. The fraction of sp³-hybridized carbons (Fsp3) is 0.538. The first-order valence-electron chi connectivity index (χ1n) is 6.40. The van der Waals surface area contributed by atoms with Crippen LogP contribution >= 0.6 is 0 Å². The van der Waals surface area contributed by atoms with Gasteiger partial charge in [0, 0.05) is 19.6 Å². The number of aryl methyl sites for hydroxylation is 1. The number of hydrogen-bond acceptors (Lipinski definition) is 4. The molecule has 0 atom stereocenters. The predicted molar refractivity (Wildman–Crippen MR) is 71.7 cm³/mol. The first-order chi connectivity index (χ1) is 8.63. The van der Waals surface area contributed by atoms with Crippen LogP contribution in [0.2, 0.25) is 0 Å². The molecule has 0 radical (unpaired) electrons. The highest BCUT2D eigenvalue weighted by Gasteiger charge is 2.27. The summed E-state index contributed by atoms with van der Waals surface area (Å²) in [5.41, 5.74) is 7.95. The Labute approximate surface area is 107 Å². The minimum atomic E-state index is 0.410. The van der Waals surface area contributed by atoms with Crippen LogP contribution in [0.1, 0.15) is 18.4 Å². The van der Waals surface area contributed by atoms with E-state index in [1.54, 1.807) is 6.33 Å². The van der Waals surface area contributed by atoms with Crippen molar-refractivity contribution in [2.24, 2.45) is 11.7 Å². The van der Waals surface area contributed by atoms with Crippen molar-refractivity contribution in [2.75, 3.05) is 18.5 Å². The Bertz CT molecular complexity index is 556. The van der Waals surface area contributed by atoms with Crippen molar-refractivity contribution >= 4 is 11.5 Å². The summed E-state index contributed by atoms with van der Waals surface area (Å²) in [5, 5.41) is 4.29. The number of fused-ring (bicyclic) bond motifs is 1. The first kappa shape index (κ1) is 11.5. The molecule has 18 heavy (non-hydrogen) atoms. The average Bonchev–Trinajstić information content (AvgIpc) is 2.73. The van der Waals surface area contributed by atoms with Gasteiger partial charge >= 0.3 is 0 Å². The zero-order valence-corrected chi connectivity index (χ0v) is 10.9. The first-order valence-corrected chi connectivity index (χ1v) is 6.40. The van der Waals surface area contributed by atoms with Gasteiger partial charge in [-0.15, -0.1) is 0 Å². The number of hydrogen-bond donors (Lipinski definition) is 1. The Morgan fingerprint density at radius 2 is 2.22 bits per heavy atom. The molecule has 5 heteroatoms. The highest BCUT2D eigenvalue weighted by molar-refractivity contribution is 5.52. The van der Waals surface area contributed by atoms with E-state index in [0.29, 0.717) is 12.0 Å². The molecule has 0 aromatic carbocycles. The van der Waals surface area contributed by atoms with Crippen LogP contribution in [-0.4, -0.2) is 34.2 Å². The summed E-state index contributed by atoms with van der Waals surface area (Å²) in [7, 11) is 2.11. The van der Waals surface area contributed by atoms with E-state index in [2.05, 4.69) is 35.0 Å². The van der Waals surface area contributed by atoms with Crippen LogP contribution in [0.4, 0.5) is 5.82 Å². The van der Waals surface area contributed by atoms with Crippen LogP contribution in [0.25, 0.3) is 5.65 Å². The Hall–Kier alpha value is -1.62. The van der Waals surface area contributed by atoms with Crippen LogP contribution in [0.3, 0.4) is 0 Å². The topological polar surface area (TPSA) is 59.5 Å². The van der Waals surface area contributed by atoms with Gasteiger partial charge in [0.05, 0.1) is 0 Å². The van der Waals surface area contributed by atoms with E-state index >= 15 is 0 Å². The Balaban J connectivity index is 1.86. The molecule has 1 aliphatic carbocycles. The molecule has 96 valence electrons. The molecule has 1 fully saturated rings. The molecule has 0 amide bonds. The van der Waals surface area contributed by atoms with E-state index in [4.69, 9.17) is 5.73 Å². The molecule has 0 aliphatic heterocycles. The Morgan fingerprint density at radius 3 is 2.94 bits per heavy atom. The Morgan fingerprint density at radius 1 is 1.44 bits per heavy atom. The third-order valence-electron chi connectivity index (χ3n) is 3.70. The molecule has 0 unspecified atom stereocenters. The summed E-state index contributed by atoms with van der Waals surface area (Å²) in [4.78, 5) is 6.51. The quantitative estimate of drug-likeness (QED) is 0.883. The third kappa shape index (κ3) is 1.95. The fourth-order valence-electron chi connectivity index (χ4n) is 2.72. The number of pyridine rings is 1. The van der Waals surface area contributed by atoms with Gasteiger partial charge in [0.1, 0.15) is 12.1 Å². The molecule has 0 bridgehead atoms. The molecule has 0 spiro atoms. The van der Waals surface area contributed by atoms with Gasteiger partial charge in [-0.1, -0.05) is 0 Å². The van der Waals surface area contributed by atoms with E-state index in [1.165, 1.54) is 5.56 Å². The zero-order valence-electron chi connectivity index (χ0n) is 10.9. The van der Waals surface area contributed by atoms with Crippen LogP contribution < -0.4 is 10.6 Å². The van der Waals surface area contributed by atoms with Gasteiger partial charge in [0.15, 0.2) is 5.65 Å². The SMILES string of the molecule is Cc1cc(N(C)CC2CC(N)C2)n2ncnc2c1. The largest absolute Gasteiger partial charge is 0.359 e. The molecule has 1 aliphatic rings. The van der Waals surface area contributed by atoms with E-state index in [0.717, 1.165) is 30.9 Å². The van der Waals surface area contributed by atoms with Crippen molar-refractivity contribution in [1.82, 2.24) is 14.6 Å². The van der Waals surface area contributed by atoms with Crippen molar-refractivity contribution in [3.8, 4) is 0 Å². The maximum atomic E-state index is 5.84. The number of nitrogens with two attached hydrogens (primary N) is 1. The van der Waals surface area contributed by atoms with Crippen molar-refractivity contribution < 1.29 is 0 Å². The lowest BCUT2D eigenvalue weighted by atomic mass is 9.80. The standard InChI is InChI=1S/C13H19N5/c1-9-3-12-15-8-16-18(12)13(4-9)17(2)7-10-5-11(14)6-10/h3-4,8,10-11H,5-7,14H2,1-2H3. The van der Waals surface area contributed by atoms with E-state index < -0.39 is 0 Å².